The zero-order chi connectivity index (χ0) is 18.6. The number of amides is 1. The summed E-state index contributed by atoms with van der Waals surface area (Å²) in [6.07, 6.45) is 2.27. The lowest BCUT2D eigenvalue weighted by Crippen LogP contribution is -2.51. The number of aliphatic hydroxyl groups excluding tert-OH is 1. The van der Waals surface area contributed by atoms with Crippen LogP contribution in [0, 0.1) is 0 Å². The van der Waals surface area contributed by atoms with Gasteiger partial charge in [-0.05, 0) is 37.0 Å². The third-order valence-electron chi connectivity index (χ3n) is 5.15. The second-order valence-corrected chi connectivity index (χ2v) is 6.65. The number of carbonyl (C=O) groups is 1. The number of nitrogens with zero attached hydrogens (tertiary/aromatic N) is 1. The molecule has 0 aliphatic carbocycles. The van der Waals surface area contributed by atoms with Gasteiger partial charge < -0.3 is 19.5 Å². The van der Waals surface area contributed by atoms with Crippen molar-refractivity contribution in [2.75, 3.05) is 27.4 Å². The van der Waals surface area contributed by atoms with Crippen LogP contribution < -0.4 is 9.47 Å². The van der Waals surface area contributed by atoms with Crippen LogP contribution in [-0.4, -0.2) is 48.8 Å². The molecule has 138 valence electrons. The van der Waals surface area contributed by atoms with Crippen LogP contribution in [-0.2, 0) is 6.42 Å². The minimum atomic E-state index is -0.591. The smallest absolute Gasteiger partial charge is 0.258 e. The molecule has 1 unspecified atom stereocenters. The van der Waals surface area contributed by atoms with E-state index in [4.69, 9.17) is 9.47 Å². The quantitative estimate of drug-likeness (QED) is 0.866. The maximum Gasteiger partial charge on any atom is 0.258 e. The molecule has 0 spiro atoms. The number of rotatable bonds is 6. The Morgan fingerprint density at radius 3 is 2.54 bits per heavy atom. The highest BCUT2D eigenvalue weighted by Gasteiger charge is 2.44. The summed E-state index contributed by atoms with van der Waals surface area (Å²) in [6, 6.07) is 15.3. The predicted molar refractivity (Wildman–Crippen MR) is 99.8 cm³/mol. The van der Waals surface area contributed by atoms with Gasteiger partial charge in [0, 0.05) is 6.54 Å². The van der Waals surface area contributed by atoms with E-state index >= 15 is 0 Å². The van der Waals surface area contributed by atoms with Crippen molar-refractivity contribution in [3.8, 4) is 11.5 Å². The average Bonchev–Trinajstić information content (AvgIpc) is 3.11. The van der Waals surface area contributed by atoms with Crippen molar-refractivity contribution in [2.24, 2.45) is 0 Å². The van der Waals surface area contributed by atoms with E-state index in [-0.39, 0.29) is 12.5 Å². The monoisotopic (exact) mass is 355 g/mol. The van der Waals surface area contributed by atoms with Gasteiger partial charge in [0.15, 0.2) is 11.5 Å². The van der Waals surface area contributed by atoms with E-state index in [1.54, 1.807) is 30.2 Å². The van der Waals surface area contributed by atoms with Crippen LogP contribution in [0.15, 0.2) is 48.5 Å². The van der Waals surface area contributed by atoms with Crippen molar-refractivity contribution in [1.29, 1.82) is 0 Å². The van der Waals surface area contributed by atoms with E-state index in [2.05, 4.69) is 0 Å². The first-order chi connectivity index (χ1) is 12.6. The van der Waals surface area contributed by atoms with E-state index in [9.17, 15) is 9.90 Å². The molecule has 0 radical (unpaired) electrons. The molecule has 1 heterocycles. The Morgan fingerprint density at radius 2 is 1.88 bits per heavy atom. The molecule has 1 amide bonds. The van der Waals surface area contributed by atoms with E-state index in [0.29, 0.717) is 30.0 Å². The van der Waals surface area contributed by atoms with Gasteiger partial charge in [0.2, 0.25) is 0 Å². The maximum atomic E-state index is 13.3. The van der Waals surface area contributed by atoms with Gasteiger partial charge in [-0.3, -0.25) is 4.79 Å². The highest BCUT2D eigenvalue weighted by atomic mass is 16.5. The number of benzene rings is 2. The van der Waals surface area contributed by atoms with Crippen LogP contribution in [0.5, 0.6) is 11.5 Å². The molecule has 0 saturated carbocycles. The number of methoxy groups -OCH3 is 2. The van der Waals surface area contributed by atoms with Crippen molar-refractivity contribution < 1.29 is 19.4 Å². The van der Waals surface area contributed by atoms with E-state index in [0.717, 1.165) is 18.4 Å². The lowest BCUT2D eigenvalue weighted by atomic mass is 9.88. The molecule has 1 N–H and O–H groups in total. The van der Waals surface area contributed by atoms with Gasteiger partial charge in [-0.1, -0.05) is 36.4 Å². The van der Waals surface area contributed by atoms with Gasteiger partial charge >= 0.3 is 0 Å². The minimum Gasteiger partial charge on any atom is -0.493 e. The molecule has 5 nitrogen and oxygen atoms in total. The molecule has 2 aromatic rings. The topological polar surface area (TPSA) is 59.0 Å². The average molecular weight is 355 g/mol. The second kappa shape index (κ2) is 7.79. The van der Waals surface area contributed by atoms with E-state index < -0.39 is 5.54 Å². The van der Waals surface area contributed by atoms with Crippen LogP contribution in [0.25, 0.3) is 0 Å². The number of para-hydroxylation sites is 1. The molecule has 1 atom stereocenters. The third-order valence-corrected chi connectivity index (χ3v) is 5.15. The molecule has 1 fully saturated rings. The van der Waals surface area contributed by atoms with Crippen LogP contribution in [0.2, 0.25) is 0 Å². The summed E-state index contributed by atoms with van der Waals surface area (Å²) in [4.78, 5) is 15.1. The van der Waals surface area contributed by atoms with Crippen molar-refractivity contribution >= 4 is 5.91 Å². The molecule has 5 heteroatoms. The highest BCUT2D eigenvalue weighted by Crippen LogP contribution is 2.37. The van der Waals surface area contributed by atoms with Crippen molar-refractivity contribution in [3.63, 3.8) is 0 Å². The standard InChI is InChI=1S/C21H25NO4/c1-25-18-11-6-10-17(19(18)26-2)20(24)22-13-7-12-21(22,15-23)14-16-8-4-3-5-9-16/h3-6,8-11,23H,7,12-15H2,1-2H3. The van der Waals surface area contributed by atoms with Crippen LogP contribution in [0.3, 0.4) is 0 Å². The Hall–Kier alpha value is -2.53. The first kappa shape index (κ1) is 18.3. The summed E-state index contributed by atoms with van der Waals surface area (Å²) < 4.78 is 10.8. The Bertz CT molecular complexity index is 762. The maximum absolute atomic E-state index is 13.3. The number of hydrogen-bond acceptors (Lipinski definition) is 4. The fourth-order valence-electron chi connectivity index (χ4n) is 3.84. The lowest BCUT2D eigenvalue weighted by Gasteiger charge is -2.37. The third kappa shape index (κ3) is 3.27. The molecule has 0 bridgehead atoms. The number of likely N-dealkylation sites (tertiary alicyclic amines) is 1. The predicted octanol–water partition coefficient (Wildman–Crippen LogP) is 2.91. The Morgan fingerprint density at radius 1 is 1.12 bits per heavy atom. The van der Waals surface area contributed by atoms with Crippen LogP contribution in [0.1, 0.15) is 28.8 Å². The summed E-state index contributed by atoms with van der Waals surface area (Å²) >= 11 is 0. The van der Waals surface area contributed by atoms with Crippen molar-refractivity contribution in [2.45, 2.75) is 24.8 Å². The van der Waals surface area contributed by atoms with E-state index in [1.165, 1.54) is 7.11 Å². The normalized spacial score (nSPS) is 19.4. The van der Waals surface area contributed by atoms with Crippen molar-refractivity contribution in [3.05, 3.63) is 59.7 Å². The molecular weight excluding hydrogens is 330 g/mol. The second-order valence-electron chi connectivity index (χ2n) is 6.65. The number of carbonyl (C=O) groups excluding carboxylic acids is 1. The highest BCUT2D eigenvalue weighted by molar-refractivity contribution is 5.98. The minimum absolute atomic E-state index is 0.0695. The zero-order valence-electron chi connectivity index (χ0n) is 15.3. The summed E-state index contributed by atoms with van der Waals surface area (Å²) in [7, 11) is 3.08. The molecule has 1 aliphatic rings. The van der Waals surface area contributed by atoms with Gasteiger partial charge in [-0.15, -0.1) is 0 Å². The molecule has 2 aromatic carbocycles. The molecule has 26 heavy (non-hydrogen) atoms. The summed E-state index contributed by atoms with van der Waals surface area (Å²) in [5, 5.41) is 10.2. The summed E-state index contributed by atoms with van der Waals surface area (Å²) in [6.45, 7) is 0.548. The summed E-state index contributed by atoms with van der Waals surface area (Å²) in [5.41, 5.74) is 0.977. The molecule has 1 aliphatic heterocycles. The first-order valence-electron chi connectivity index (χ1n) is 8.83. The lowest BCUT2D eigenvalue weighted by molar-refractivity contribution is 0.0409. The van der Waals surface area contributed by atoms with Gasteiger partial charge in [0.05, 0.1) is 31.9 Å². The van der Waals surface area contributed by atoms with Crippen LogP contribution >= 0.6 is 0 Å². The Kier molecular flexibility index (Phi) is 5.47. The number of hydrogen-bond donors (Lipinski definition) is 1. The molecular formula is C21H25NO4. The first-order valence-corrected chi connectivity index (χ1v) is 8.83. The van der Waals surface area contributed by atoms with Crippen LogP contribution in [0.4, 0.5) is 0 Å². The molecule has 1 saturated heterocycles. The zero-order valence-corrected chi connectivity index (χ0v) is 15.3. The Labute approximate surface area is 154 Å². The van der Waals surface area contributed by atoms with Gasteiger partial charge in [0.25, 0.3) is 5.91 Å². The summed E-state index contributed by atoms with van der Waals surface area (Å²) in [5.74, 6) is 0.817. The fourth-order valence-corrected chi connectivity index (χ4v) is 3.84. The molecule has 3 rings (SSSR count). The Balaban J connectivity index is 1.95. The van der Waals surface area contributed by atoms with Gasteiger partial charge in [-0.2, -0.15) is 0 Å². The van der Waals surface area contributed by atoms with Gasteiger partial charge in [-0.25, -0.2) is 0 Å². The van der Waals surface area contributed by atoms with E-state index in [1.807, 2.05) is 30.3 Å². The van der Waals surface area contributed by atoms with Gasteiger partial charge in [0.1, 0.15) is 0 Å². The largest absolute Gasteiger partial charge is 0.493 e. The molecule has 0 aromatic heterocycles. The van der Waals surface area contributed by atoms with Crippen molar-refractivity contribution in [1.82, 2.24) is 4.90 Å². The number of aliphatic hydroxyl groups is 1. The number of ether oxygens (including phenoxy) is 2. The fraction of sp³-hybridized carbons (Fsp3) is 0.381. The SMILES string of the molecule is COc1cccc(C(=O)N2CCCC2(CO)Cc2ccccc2)c1OC.